The summed E-state index contributed by atoms with van der Waals surface area (Å²) in [4.78, 5) is 4.27. The maximum Gasteiger partial charge on any atom is 0.274 e. The van der Waals surface area contributed by atoms with Gasteiger partial charge in [-0.3, -0.25) is 0 Å². The first kappa shape index (κ1) is 8.25. The molecule has 0 aliphatic heterocycles. The van der Waals surface area contributed by atoms with Gasteiger partial charge in [-0.15, -0.1) is 0 Å². The molecule has 2 aromatic rings. The van der Waals surface area contributed by atoms with Gasteiger partial charge in [0.05, 0.1) is 17.3 Å². The molecule has 4 heteroatoms. The van der Waals surface area contributed by atoms with Gasteiger partial charge in [0.2, 0.25) is 0 Å². The van der Waals surface area contributed by atoms with Crippen LogP contribution in [0, 0.1) is 3.57 Å². The summed E-state index contributed by atoms with van der Waals surface area (Å²) in [6, 6.07) is 6.16. The molecule has 0 aliphatic carbocycles. The second-order valence-electron chi connectivity index (χ2n) is 2.30. The maximum absolute atomic E-state index is 5.04. The largest absolute Gasteiger partial charge is 0.473 e. The Hall–Kier alpha value is -0.360. The van der Waals surface area contributed by atoms with Gasteiger partial charge in [0.1, 0.15) is 0 Å². The fourth-order valence-electron chi connectivity index (χ4n) is 0.965. The predicted molar refractivity (Wildman–Crippen MR) is 58.9 cm³/mol. The maximum atomic E-state index is 5.04. The number of benzene rings is 1. The van der Waals surface area contributed by atoms with Crippen LogP contribution in [0.5, 0.6) is 5.19 Å². The molecule has 1 aromatic carbocycles. The summed E-state index contributed by atoms with van der Waals surface area (Å²) in [6.45, 7) is 0. The monoisotopic (exact) mass is 291 g/mol. The number of halogens is 1. The number of ether oxygens (including phenoxy) is 1. The molecule has 0 unspecified atom stereocenters. The van der Waals surface area contributed by atoms with Gasteiger partial charge in [-0.25, -0.2) is 4.98 Å². The molecule has 12 heavy (non-hydrogen) atoms. The highest BCUT2D eigenvalue weighted by Crippen LogP contribution is 2.28. The third kappa shape index (κ3) is 1.40. The number of fused-ring (bicyclic) bond motifs is 1. The molecule has 62 valence electrons. The highest BCUT2D eigenvalue weighted by atomic mass is 127. The third-order valence-electron chi connectivity index (χ3n) is 1.51. The van der Waals surface area contributed by atoms with Crippen LogP contribution in [0.3, 0.4) is 0 Å². The Morgan fingerprint density at radius 3 is 3.08 bits per heavy atom. The molecule has 0 radical (unpaired) electrons. The van der Waals surface area contributed by atoms with Gasteiger partial charge in [-0.1, -0.05) is 11.3 Å². The van der Waals surface area contributed by atoms with E-state index in [0.717, 1.165) is 10.7 Å². The topological polar surface area (TPSA) is 22.1 Å². The Morgan fingerprint density at radius 1 is 1.50 bits per heavy atom. The standard InChI is InChI=1S/C8H6INOS/c1-11-8-10-6-3-2-5(9)4-7(6)12-8/h2-4H,1H3. The highest BCUT2D eigenvalue weighted by molar-refractivity contribution is 14.1. The molecule has 0 bridgehead atoms. The molecule has 0 aliphatic rings. The van der Waals surface area contributed by atoms with Crippen molar-refractivity contribution in [3.63, 3.8) is 0 Å². The molecule has 0 saturated carbocycles. The van der Waals surface area contributed by atoms with E-state index in [9.17, 15) is 0 Å². The Morgan fingerprint density at radius 2 is 2.33 bits per heavy atom. The fourth-order valence-corrected chi connectivity index (χ4v) is 2.49. The van der Waals surface area contributed by atoms with E-state index in [1.807, 2.05) is 12.1 Å². The summed E-state index contributed by atoms with van der Waals surface area (Å²) in [6.07, 6.45) is 0. The van der Waals surface area contributed by atoms with Crippen molar-refractivity contribution in [1.29, 1.82) is 0 Å². The van der Waals surface area contributed by atoms with Crippen molar-refractivity contribution in [2.24, 2.45) is 0 Å². The predicted octanol–water partition coefficient (Wildman–Crippen LogP) is 2.91. The fraction of sp³-hybridized carbons (Fsp3) is 0.125. The minimum atomic E-state index is 0.729. The minimum Gasteiger partial charge on any atom is -0.473 e. The lowest BCUT2D eigenvalue weighted by molar-refractivity contribution is 0.413. The van der Waals surface area contributed by atoms with Gasteiger partial charge in [-0.2, -0.15) is 0 Å². The van der Waals surface area contributed by atoms with Gasteiger partial charge >= 0.3 is 0 Å². The minimum absolute atomic E-state index is 0.729. The van der Waals surface area contributed by atoms with Gasteiger partial charge in [0, 0.05) is 3.57 Å². The molecular weight excluding hydrogens is 285 g/mol. The highest BCUT2D eigenvalue weighted by Gasteiger charge is 2.02. The molecule has 0 amide bonds. The summed E-state index contributed by atoms with van der Waals surface area (Å²) in [7, 11) is 1.64. The quantitative estimate of drug-likeness (QED) is 0.754. The van der Waals surface area contributed by atoms with E-state index in [4.69, 9.17) is 4.74 Å². The van der Waals surface area contributed by atoms with E-state index in [-0.39, 0.29) is 0 Å². The summed E-state index contributed by atoms with van der Waals surface area (Å²) in [5.74, 6) is 0. The van der Waals surface area contributed by atoms with E-state index in [1.54, 1.807) is 18.4 Å². The van der Waals surface area contributed by atoms with E-state index in [2.05, 4.69) is 33.6 Å². The Kier molecular flexibility index (Phi) is 2.18. The molecule has 0 N–H and O–H groups in total. The Balaban J connectivity index is 2.67. The average Bonchev–Trinajstić information content (AvgIpc) is 2.46. The second kappa shape index (κ2) is 3.18. The van der Waals surface area contributed by atoms with Crippen molar-refractivity contribution in [3.8, 4) is 5.19 Å². The summed E-state index contributed by atoms with van der Waals surface area (Å²) >= 11 is 3.86. The molecule has 0 fully saturated rings. The van der Waals surface area contributed by atoms with Gasteiger partial charge in [0.25, 0.3) is 5.19 Å². The number of methoxy groups -OCH3 is 1. The van der Waals surface area contributed by atoms with Gasteiger partial charge in [-0.05, 0) is 40.8 Å². The number of rotatable bonds is 1. The molecule has 0 atom stereocenters. The first-order valence-corrected chi connectivity index (χ1v) is 5.29. The van der Waals surface area contributed by atoms with E-state index < -0.39 is 0 Å². The molecular formula is C8H6INOS. The van der Waals surface area contributed by atoms with Crippen LogP contribution in [0.1, 0.15) is 0 Å². The number of aromatic nitrogens is 1. The smallest absolute Gasteiger partial charge is 0.274 e. The molecule has 1 heterocycles. The van der Waals surface area contributed by atoms with Crippen LogP contribution in [-0.4, -0.2) is 12.1 Å². The van der Waals surface area contributed by atoms with Crippen LogP contribution in [0.4, 0.5) is 0 Å². The lowest BCUT2D eigenvalue weighted by Crippen LogP contribution is -1.78. The van der Waals surface area contributed by atoms with Crippen LogP contribution in [0.25, 0.3) is 10.2 Å². The molecule has 2 rings (SSSR count). The Bertz CT molecular complexity index is 412. The molecule has 1 aromatic heterocycles. The molecule has 2 nitrogen and oxygen atoms in total. The Labute approximate surface area is 87.7 Å². The molecule has 0 saturated heterocycles. The van der Waals surface area contributed by atoms with Crippen LogP contribution in [0.2, 0.25) is 0 Å². The van der Waals surface area contributed by atoms with E-state index in [0.29, 0.717) is 0 Å². The van der Waals surface area contributed by atoms with Crippen molar-refractivity contribution in [2.45, 2.75) is 0 Å². The number of hydrogen-bond donors (Lipinski definition) is 0. The van der Waals surface area contributed by atoms with Crippen LogP contribution in [-0.2, 0) is 0 Å². The number of nitrogens with zero attached hydrogens (tertiary/aromatic N) is 1. The van der Waals surface area contributed by atoms with Gasteiger partial charge < -0.3 is 4.74 Å². The zero-order chi connectivity index (χ0) is 8.55. The van der Waals surface area contributed by atoms with E-state index >= 15 is 0 Å². The number of thiazole rings is 1. The number of hydrogen-bond acceptors (Lipinski definition) is 3. The van der Waals surface area contributed by atoms with Crippen molar-refractivity contribution in [2.75, 3.05) is 7.11 Å². The van der Waals surface area contributed by atoms with Crippen molar-refractivity contribution >= 4 is 44.1 Å². The van der Waals surface area contributed by atoms with Crippen LogP contribution in [0.15, 0.2) is 18.2 Å². The van der Waals surface area contributed by atoms with Crippen molar-refractivity contribution < 1.29 is 4.74 Å². The van der Waals surface area contributed by atoms with E-state index in [1.165, 1.54) is 8.27 Å². The zero-order valence-electron chi connectivity index (χ0n) is 6.37. The first-order valence-electron chi connectivity index (χ1n) is 3.39. The first-order chi connectivity index (χ1) is 5.79. The third-order valence-corrected chi connectivity index (χ3v) is 3.16. The van der Waals surface area contributed by atoms with Gasteiger partial charge in [0.15, 0.2) is 0 Å². The zero-order valence-corrected chi connectivity index (χ0v) is 9.35. The van der Waals surface area contributed by atoms with Crippen molar-refractivity contribution in [1.82, 2.24) is 4.98 Å². The second-order valence-corrected chi connectivity index (χ2v) is 4.53. The SMILES string of the molecule is COc1nc2ccc(I)cc2s1. The lowest BCUT2D eigenvalue weighted by atomic mass is 10.3. The summed E-state index contributed by atoms with van der Waals surface area (Å²) in [5, 5.41) is 0.729. The van der Waals surface area contributed by atoms with Crippen molar-refractivity contribution in [3.05, 3.63) is 21.8 Å². The summed E-state index contributed by atoms with van der Waals surface area (Å²) < 4.78 is 7.45. The lowest BCUT2D eigenvalue weighted by Gasteiger charge is -1.86. The van der Waals surface area contributed by atoms with Crippen LogP contribution >= 0.6 is 33.9 Å². The van der Waals surface area contributed by atoms with Crippen LogP contribution < -0.4 is 4.74 Å². The summed E-state index contributed by atoms with van der Waals surface area (Å²) in [5.41, 5.74) is 1.01. The normalized spacial score (nSPS) is 10.5. The average molecular weight is 291 g/mol. The molecule has 0 spiro atoms.